The number of carbonyl (C=O) groups is 2. The van der Waals surface area contributed by atoms with E-state index in [1.165, 1.54) is 0 Å². The molecule has 0 unspecified atom stereocenters. The van der Waals surface area contributed by atoms with Crippen molar-refractivity contribution in [2.75, 3.05) is 6.54 Å². The summed E-state index contributed by atoms with van der Waals surface area (Å²) in [6.45, 7) is 2.35. The molecular weight excluding hydrogens is 448 g/mol. The summed E-state index contributed by atoms with van der Waals surface area (Å²) in [6.07, 6.45) is 1.94. The highest BCUT2D eigenvalue weighted by molar-refractivity contribution is 5.90. The lowest BCUT2D eigenvalue weighted by atomic mass is 10.0. The molecule has 2 amide bonds. The normalized spacial score (nSPS) is 19.1. The molecule has 35 heavy (non-hydrogen) atoms. The van der Waals surface area contributed by atoms with Crippen molar-refractivity contribution in [3.63, 3.8) is 0 Å². The molecule has 1 fully saturated rings. The molecule has 10 nitrogen and oxygen atoms in total. The average molecular weight is 487 g/mol. The van der Waals surface area contributed by atoms with E-state index in [0.717, 1.165) is 11.1 Å². The van der Waals surface area contributed by atoms with Gasteiger partial charge in [0.2, 0.25) is 11.8 Å². The fourth-order valence-corrected chi connectivity index (χ4v) is 3.78. The standard InChI is InChI=1S/C25H34N6O4.H2/c1-25(34-35-25)21(13-8-14-29-24(27)28)31-23(33)20(16-18-11-6-3-7-12-18)30-22(32)19(26)15-17-9-4-2-5-10-17;/h2-7,9-12,19-21H,8,13-16,26H2,1H3,(H,30,32)(H,31,33)(H4,27,28,29);1H/p+2/t19-,20+,21+;/m1./s1. The minimum Gasteiger partial charge on any atom is -0.343 e. The molecule has 0 spiro atoms. The molecular formula is C25H38N6O4+2. The van der Waals surface area contributed by atoms with Crippen molar-refractivity contribution < 1.29 is 25.8 Å². The first-order valence-electron chi connectivity index (χ1n) is 11.7. The Kier molecular flexibility index (Phi) is 9.18. The lowest BCUT2D eigenvalue weighted by molar-refractivity contribution is -0.459. The van der Waals surface area contributed by atoms with E-state index in [1.807, 2.05) is 60.7 Å². The maximum atomic E-state index is 13.4. The van der Waals surface area contributed by atoms with Gasteiger partial charge in [-0.3, -0.25) is 26.0 Å². The van der Waals surface area contributed by atoms with E-state index in [0.29, 0.717) is 32.2 Å². The maximum absolute atomic E-state index is 13.4. The first kappa shape index (κ1) is 26.1. The van der Waals surface area contributed by atoms with E-state index in [9.17, 15) is 9.59 Å². The van der Waals surface area contributed by atoms with E-state index in [4.69, 9.17) is 22.1 Å². The third-order valence-electron chi connectivity index (χ3n) is 5.89. The predicted octanol–water partition coefficient (Wildman–Crippen LogP) is -1.66. The van der Waals surface area contributed by atoms with Crippen molar-refractivity contribution in [1.82, 2.24) is 10.6 Å². The monoisotopic (exact) mass is 486 g/mol. The molecule has 0 radical (unpaired) electrons. The molecule has 190 valence electrons. The number of aliphatic hydroxyl groups is 1. The van der Waals surface area contributed by atoms with Crippen LogP contribution >= 0.6 is 0 Å². The fraction of sp³-hybridized carbons (Fsp3) is 0.400. The van der Waals surface area contributed by atoms with Gasteiger partial charge in [0.05, 0.1) is 19.5 Å². The number of amides is 2. The second-order valence-electron chi connectivity index (χ2n) is 8.87. The third kappa shape index (κ3) is 8.36. The highest BCUT2D eigenvalue weighted by Gasteiger charge is 2.61. The van der Waals surface area contributed by atoms with Crippen LogP contribution in [0.4, 0.5) is 0 Å². The summed E-state index contributed by atoms with van der Waals surface area (Å²) in [4.78, 5) is 38.4. The highest BCUT2D eigenvalue weighted by Crippen LogP contribution is 2.31. The van der Waals surface area contributed by atoms with Crippen LogP contribution in [0.1, 0.15) is 32.3 Å². The van der Waals surface area contributed by atoms with Gasteiger partial charge in [0.15, 0.2) is 0 Å². The zero-order valence-corrected chi connectivity index (χ0v) is 19.9. The summed E-state index contributed by atoms with van der Waals surface area (Å²) in [6, 6.07) is 17.0. The Morgan fingerprint density at radius 1 is 1.00 bits per heavy atom. The SMILES string of the molecule is C[C@]1([C@H](CCC[NH+]=C(N)N)NC(=O)[C@H](Cc2ccccc2)NC(=O)[C@H](N)Cc2ccccc2)O[OH+]1.[HH]. The molecule has 1 aliphatic rings. The maximum Gasteiger partial charge on any atom is 0.395 e. The fourth-order valence-electron chi connectivity index (χ4n) is 3.78. The lowest BCUT2D eigenvalue weighted by Crippen LogP contribution is -2.78. The van der Waals surface area contributed by atoms with Crippen LogP contribution in [-0.2, 0) is 27.3 Å². The second kappa shape index (κ2) is 12.3. The average Bonchev–Trinajstić information content (AvgIpc) is 3.59. The number of nitrogens with one attached hydrogen (secondary N) is 3. The lowest BCUT2D eigenvalue weighted by Gasteiger charge is -2.23. The Morgan fingerprint density at radius 3 is 2.11 bits per heavy atom. The van der Waals surface area contributed by atoms with Gasteiger partial charge in [-0.1, -0.05) is 60.7 Å². The summed E-state index contributed by atoms with van der Waals surface area (Å²) in [5.74, 6) is -1.39. The smallest absolute Gasteiger partial charge is 0.343 e. The predicted molar refractivity (Wildman–Crippen MR) is 134 cm³/mol. The van der Waals surface area contributed by atoms with Gasteiger partial charge in [-0.05, 0) is 35.3 Å². The Bertz CT molecular complexity index is 1000. The quantitative estimate of drug-likeness (QED) is 0.0493. The molecule has 3 rings (SSSR count). The topological polar surface area (TPSA) is 176 Å². The number of carbonyl (C=O) groups excluding carboxylic acids is 2. The number of benzene rings is 2. The van der Waals surface area contributed by atoms with Crippen LogP contribution in [-0.4, -0.2) is 53.1 Å². The molecule has 1 aliphatic heterocycles. The van der Waals surface area contributed by atoms with Gasteiger partial charge in [-0.15, -0.1) is 0 Å². The summed E-state index contributed by atoms with van der Waals surface area (Å²) in [5.41, 5.74) is 18.9. The van der Waals surface area contributed by atoms with E-state index >= 15 is 0 Å². The summed E-state index contributed by atoms with van der Waals surface area (Å²) in [7, 11) is 0. The molecule has 0 aliphatic carbocycles. The number of hydrogen-bond acceptors (Lipinski definition) is 4. The third-order valence-corrected chi connectivity index (χ3v) is 5.89. The van der Waals surface area contributed by atoms with Gasteiger partial charge in [-0.25, -0.2) is 4.89 Å². The molecule has 4 atom stereocenters. The first-order chi connectivity index (χ1) is 16.8. The largest absolute Gasteiger partial charge is 0.395 e. The first-order valence-corrected chi connectivity index (χ1v) is 11.7. The zero-order chi connectivity index (χ0) is 25.3. The van der Waals surface area contributed by atoms with Crippen molar-refractivity contribution in [2.24, 2.45) is 17.2 Å². The van der Waals surface area contributed by atoms with Crippen LogP contribution in [0.5, 0.6) is 0 Å². The van der Waals surface area contributed by atoms with Crippen LogP contribution in [0.25, 0.3) is 0 Å². The molecule has 10 N–H and O–H groups in total. The minimum absolute atomic E-state index is 0. The van der Waals surface area contributed by atoms with Crippen molar-refractivity contribution in [3.8, 4) is 0 Å². The number of hydrogen-bond donors (Lipinski definition) is 6. The van der Waals surface area contributed by atoms with Gasteiger partial charge in [0.25, 0.3) is 0 Å². The number of rotatable bonds is 13. The molecule has 2 aromatic rings. The van der Waals surface area contributed by atoms with Crippen molar-refractivity contribution in [3.05, 3.63) is 71.8 Å². The van der Waals surface area contributed by atoms with Crippen molar-refractivity contribution in [1.29, 1.82) is 0 Å². The second-order valence-corrected chi connectivity index (χ2v) is 8.87. The van der Waals surface area contributed by atoms with E-state index in [-0.39, 0.29) is 19.3 Å². The van der Waals surface area contributed by atoms with Gasteiger partial charge in [0.1, 0.15) is 12.1 Å². The summed E-state index contributed by atoms with van der Waals surface area (Å²) < 4.78 is 0. The molecule has 2 aromatic carbocycles. The van der Waals surface area contributed by atoms with Crippen LogP contribution < -0.4 is 32.8 Å². The van der Waals surface area contributed by atoms with Gasteiger partial charge in [0, 0.05) is 7.85 Å². The van der Waals surface area contributed by atoms with E-state index < -0.39 is 23.8 Å². The molecule has 0 aromatic heterocycles. The van der Waals surface area contributed by atoms with E-state index in [1.54, 1.807) is 6.92 Å². The number of nitrogens with two attached hydrogens (primary N) is 3. The summed E-state index contributed by atoms with van der Waals surface area (Å²) >= 11 is 0. The van der Waals surface area contributed by atoms with Crippen LogP contribution in [0.15, 0.2) is 60.7 Å². The molecule has 10 heteroatoms. The summed E-state index contributed by atoms with van der Waals surface area (Å²) in [5, 5.41) is 5.86. The van der Waals surface area contributed by atoms with Crippen LogP contribution in [0.2, 0.25) is 0 Å². The molecule has 1 heterocycles. The number of guanidine groups is 1. The Balaban J connectivity index is 0.00000456. The zero-order valence-electron chi connectivity index (χ0n) is 19.9. The van der Waals surface area contributed by atoms with Crippen molar-refractivity contribution >= 4 is 17.8 Å². The van der Waals surface area contributed by atoms with Gasteiger partial charge >= 0.3 is 11.7 Å². The highest BCUT2D eigenvalue weighted by atomic mass is 17.4. The van der Waals surface area contributed by atoms with Crippen LogP contribution in [0.3, 0.4) is 0 Å². The molecule has 0 saturated carbocycles. The molecule has 1 saturated heterocycles. The Labute approximate surface area is 206 Å². The van der Waals surface area contributed by atoms with Gasteiger partial charge < -0.3 is 16.4 Å². The Morgan fingerprint density at radius 2 is 1.57 bits per heavy atom. The molecule has 0 bridgehead atoms. The van der Waals surface area contributed by atoms with Crippen molar-refractivity contribution in [2.45, 2.75) is 56.5 Å². The van der Waals surface area contributed by atoms with Crippen LogP contribution in [0, 0.1) is 0 Å². The minimum atomic E-state index is -0.817. The van der Waals surface area contributed by atoms with Gasteiger partial charge in [-0.2, -0.15) is 0 Å². The Hall–Kier alpha value is -3.47. The van der Waals surface area contributed by atoms with E-state index in [2.05, 4.69) is 20.5 Å².